The number of hydrogen-bond donors (Lipinski definition) is 1. The summed E-state index contributed by atoms with van der Waals surface area (Å²) in [5.74, 6) is 1.61. The van der Waals surface area contributed by atoms with E-state index in [-0.39, 0.29) is 0 Å². The van der Waals surface area contributed by atoms with E-state index in [0.717, 1.165) is 25.5 Å². The first-order chi connectivity index (χ1) is 9.33. The number of nitrogens with one attached hydrogen (secondary N) is 1. The van der Waals surface area contributed by atoms with Crippen molar-refractivity contribution >= 4 is 11.8 Å². The largest absolute Gasteiger partial charge is 0.354 e. The first kappa shape index (κ1) is 13.3. The van der Waals surface area contributed by atoms with E-state index in [1.807, 2.05) is 37.5 Å². The van der Waals surface area contributed by atoms with Crippen LogP contribution in [0, 0.1) is 0 Å². The topological polar surface area (TPSA) is 53.9 Å². The zero-order chi connectivity index (χ0) is 13.5. The van der Waals surface area contributed by atoms with E-state index in [1.54, 1.807) is 6.20 Å². The van der Waals surface area contributed by atoms with Gasteiger partial charge in [-0.1, -0.05) is 0 Å². The Morgan fingerprint density at radius 1 is 1.11 bits per heavy atom. The Morgan fingerprint density at radius 2 is 1.89 bits per heavy atom. The van der Waals surface area contributed by atoms with Crippen molar-refractivity contribution in [2.45, 2.75) is 20.4 Å². The van der Waals surface area contributed by atoms with Gasteiger partial charge < -0.3 is 10.2 Å². The van der Waals surface area contributed by atoms with Crippen LogP contribution in [0.5, 0.6) is 0 Å². The smallest absolute Gasteiger partial charge is 0.224 e. The molecule has 0 amide bonds. The first-order valence-corrected chi connectivity index (χ1v) is 6.54. The van der Waals surface area contributed by atoms with Crippen LogP contribution in [0.1, 0.15) is 19.4 Å². The Balaban J connectivity index is 2.15. The molecule has 0 aliphatic heterocycles. The zero-order valence-corrected chi connectivity index (χ0v) is 11.4. The minimum atomic E-state index is 0.674. The highest BCUT2D eigenvalue weighted by molar-refractivity contribution is 5.43. The quantitative estimate of drug-likeness (QED) is 0.860. The molecule has 0 aromatic carbocycles. The molecule has 0 unspecified atom stereocenters. The average Bonchev–Trinajstić information content (AvgIpc) is 2.46. The molecule has 5 nitrogen and oxygen atoms in total. The van der Waals surface area contributed by atoms with Crippen LogP contribution in [0.25, 0.3) is 0 Å². The summed E-state index contributed by atoms with van der Waals surface area (Å²) in [5, 5.41) is 3.13. The van der Waals surface area contributed by atoms with Gasteiger partial charge in [-0.3, -0.25) is 4.98 Å². The van der Waals surface area contributed by atoms with Crippen LogP contribution >= 0.6 is 0 Å². The van der Waals surface area contributed by atoms with Crippen molar-refractivity contribution in [3.8, 4) is 0 Å². The van der Waals surface area contributed by atoms with Gasteiger partial charge in [0.05, 0.1) is 0 Å². The van der Waals surface area contributed by atoms with E-state index in [9.17, 15) is 0 Å². The van der Waals surface area contributed by atoms with Crippen molar-refractivity contribution in [3.63, 3.8) is 0 Å². The highest BCUT2D eigenvalue weighted by Gasteiger charge is 2.07. The summed E-state index contributed by atoms with van der Waals surface area (Å²) in [4.78, 5) is 15.0. The summed E-state index contributed by atoms with van der Waals surface area (Å²) < 4.78 is 0. The molecule has 0 bridgehead atoms. The molecule has 19 heavy (non-hydrogen) atoms. The fourth-order valence-electron chi connectivity index (χ4n) is 1.83. The van der Waals surface area contributed by atoms with Gasteiger partial charge in [-0.15, -0.1) is 0 Å². The molecule has 2 heterocycles. The Bertz CT molecular complexity index is 500. The number of hydrogen-bond acceptors (Lipinski definition) is 5. The number of anilines is 2. The Hall–Kier alpha value is -2.17. The van der Waals surface area contributed by atoms with Crippen molar-refractivity contribution in [1.82, 2.24) is 15.0 Å². The van der Waals surface area contributed by atoms with Crippen molar-refractivity contribution in [2.75, 3.05) is 23.3 Å². The molecule has 100 valence electrons. The third-order valence-electron chi connectivity index (χ3n) is 2.80. The van der Waals surface area contributed by atoms with E-state index < -0.39 is 0 Å². The van der Waals surface area contributed by atoms with Gasteiger partial charge in [0.25, 0.3) is 0 Å². The van der Waals surface area contributed by atoms with Crippen LogP contribution in [0.4, 0.5) is 11.8 Å². The van der Waals surface area contributed by atoms with Crippen LogP contribution in [-0.4, -0.2) is 28.0 Å². The lowest BCUT2D eigenvalue weighted by Crippen LogP contribution is -2.23. The Morgan fingerprint density at radius 3 is 2.58 bits per heavy atom. The summed E-state index contributed by atoms with van der Waals surface area (Å²) in [6.07, 6.45) is 5.41. The van der Waals surface area contributed by atoms with Gasteiger partial charge in [-0.25, -0.2) is 4.98 Å². The molecule has 0 radical (unpaired) electrons. The minimum absolute atomic E-state index is 0.674. The molecule has 0 saturated carbocycles. The van der Waals surface area contributed by atoms with Crippen molar-refractivity contribution in [3.05, 3.63) is 42.4 Å². The Kier molecular flexibility index (Phi) is 4.66. The average molecular weight is 257 g/mol. The number of aromatic nitrogens is 3. The summed E-state index contributed by atoms with van der Waals surface area (Å²) >= 11 is 0. The Labute approximate surface area is 113 Å². The third-order valence-corrected chi connectivity index (χ3v) is 2.80. The van der Waals surface area contributed by atoms with E-state index in [4.69, 9.17) is 0 Å². The van der Waals surface area contributed by atoms with Crippen molar-refractivity contribution < 1.29 is 0 Å². The third kappa shape index (κ3) is 3.64. The first-order valence-electron chi connectivity index (χ1n) is 6.54. The van der Waals surface area contributed by atoms with E-state index in [1.165, 1.54) is 5.56 Å². The lowest BCUT2D eigenvalue weighted by Gasteiger charge is -2.22. The van der Waals surface area contributed by atoms with Gasteiger partial charge in [0.2, 0.25) is 5.95 Å². The molecule has 2 aromatic rings. The standard InChI is InChI=1S/C14H19N5/c1-3-16-14-17-10-7-13(18-14)19(4-2)11-12-5-8-15-9-6-12/h5-10H,3-4,11H2,1-2H3,(H,16,17,18). The molecular weight excluding hydrogens is 238 g/mol. The molecule has 0 aliphatic rings. The number of pyridine rings is 1. The summed E-state index contributed by atoms with van der Waals surface area (Å²) in [6.45, 7) is 6.69. The zero-order valence-electron chi connectivity index (χ0n) is 11.4. The van der Waals surface area contributed by atoms with Crippen molar-refractivity contribution in [2.24, 2.45) is 0 Å². The molecular formula is C14H19N5. The highest BCUT2D eigenvalue weighted by atomic mass is 15.2. The monoisotopic (exact) mass is 257 g/mol. The molecule has 2 aromatic heterocycles. The fourth-order valence-corrected chi connectivity index (χ4v) is 1.83. The molecule has 1 N–H and O–H groups in total. The molecule has 2 rings (SSSR count). The second-order valence-corrected chi connectivity index (χ2v) is 4.14. The van der Waals surface area contributed by atoms with E-state index in [0.29, 0.717) is 5.95 Å². The molecule has 0 fully saturated rings. The predicted octanol–water partition coefficient (Wildman–Crippen LogP) is 2.33. The summed E-state index contributed by atoms with van der Waals surface area (Å²) in [5.41, 5.74) is 1.22. The van der Waals surface area contributed by atoms with E-state index in [2.05, 4.69) is 32.1 Å². The lowest BCUT2D eigenvalue weighted by molar-refractivity contribution is 0.809. The summed E-state index contributed by atoms with van der Waals surface area (Å²) in [6, 6.07) is 5.98. The normalized spacial score (nSPS) is 10.2. The minimum Gasteiger partial charge on any atom is -0.354 e. The molecule has 0 spiro atoms. The number of nitrogens with zero attached hydrogens (tertiary/aromatic N) is 4. The van der Waals surface area contributed by atoms with Gasteiger partial charge in [0, 0.05) is 38.2 Å². The van der Waals surface area contributed by atoms with Gasteiger partial charge >= 0.3 is 0 Å². The number of rotatable bonds is 6. The maximum atomic E-state index is 4.52. The van der Waals surface area contributed by atoms with Gasteiger partial charge in [0.1, 0.15) is 5.82 Å². The fraction of sp³-hybridized carbons (Fsp3) is 0.357. The second-order valence-electron chi connectivity index (χ2n) is 4.14. The van der Waals surface area contributed by atoms with Crippen LogP contribution in [-0.2, 0) is 6.54 Å². The van der Waals surface area contributed by atoms with Gasteiger partial charge in [-0.05, 0) is 37.6 Å². The highest BCUT2D eigenvalue weighted by Crippen LogP contribution is 2.15. The maximum Gasteiger partial charge on any atom is 0.224 e. The van der Waals surface area contributed by atoms with Crippen LogP contribution in [0.15, 0.2) is 36.8 Å². The maximum absolute atomic E-state index is 4.52. The molecule has 0 atom stereocenters. The van der Waals surface area contributed by atoms with Gasteiger partial charge in [0.15, 0.2) is 0 Å². The van der Waals surface area contributed by atoms with Crippen LogP contribution < -0.4 is 10.2 Å². The van der Waals surface area contributed by atoms with E-state index >= 15 is 0 Å². The summed E-state index contributed by atoms with van der Waals surface area (Å²) in [7, 11) is 0. The predicted molar refractivity (Wildman–Crippen MR) is 77.2 cm³/mol. The second kappa shape index (κ2) is 6.68. The van der Waals surface area contributed by atoms with Crippen LogP contribution in [0.3, 0.4) is 0 Å². The van der Waals surface area contributed by atoms with Gasteiger partial charge in [-0.2, -0.15) is 4.98 Å². The SMILES string of the molecule is CCNc1nccc(N(CC)Cc2ccncc2)n1. The lowest BCUT2D eigenvalue weighted by atomic mass is 10.2. The molecule has 0 saturated heterocycles. The molecule has 5 heteroatoms. The van der Waals surface area contributed by atoms with Crippen LogP contribution in [0.2, 0.25) is 0 Å². The van der Waals surface area contributed by atoms with Crippen molar-refractivity contribution in [1.29, 1.82) is 0 Å². The molecule has 0 aliphatic carbocycles.